The summed E-state index contributed by atoms with van der Waals surface area (Å²) < 4.78 is 33.7. The maximum Gasteiger partial charge on any atom is 0.253 e. The molecule has 2 heterocycles. The molecule has 7 nitrogen and oxygen atoms in total. The number of piperazine rings is 1. The van der Waals surface area contributed by atoms with Gasteiger partial charge in [-0.05, 0) is 56.7 Å². The summed E-state index contributed by atoms with van der Waals surface area (Å²) in [5.74, 6) is 1.03. The molecule has 3 fully saturated rings. The first kappa shape index (κ1) is 21.6. The molecule has 1 unspecified atom stereocenters. The Morgan fingerprint density at radius 3 is 2.43 bits per heavy atom. The van der Waals surface area contributed by atoms with Crippen LogP contribution in [0.2, 0.25) is 0 Å². The molecular weight excluding hydrogens is 402 g/mol. The summed E-state index contributed by atoms with van der Waals surface area (Å²) in [4.78, 5) is 17.5. The van der Waals surface area contributed by atoms with Crippen molar-refractivity contribution < 1.29 is 17.9 Å². The highest BCUT2D eigenvalue weighted by molar-refractivity contribution is 7.89. The van der Waals surface area contributed by atoms with Gasteiger partial charge in [0, 0.05) is 50.9 Å². The first-order chi connectivity index (χ1) is 14.4. The molecule has 0 radical (unpaired) electrons. The van der Waals surface area contributed by atoms with E-state index in [-0.39, 0.29) is 16.8 Å². The van der Waals surface area contributed by atoms with E-state index >= 15 is 0 Å². The Balaban J connectivity index is 1.52. The molecule has 1 atom stereocenters. The lowest BCUT2D eigenvalue weighted by Crippen LogP contribution is -2.49. The molecule has 1 saturated carbocycles. The van der Waals surface area contributed by atoms with E-state index in [0.29, 0.717) is 30.9 Å². The number of rotatable bonds is 6. The van der Waals surface area contributed by atoms with Crippen LogP contribution in [0.3, 0.4) is 0 Å². The van der Waals surface area contributed by atoms with Crippen LogP contribution < -0.4 is 4.74 Å². The van der Waals surface area contributed by atoms with Gasteiger partial charge in [-0.3, -0.25) is 9.69 Å². The number of benzene rings is 1. The van der Waals surface area contributed by atoms with Gasteiger partial charge in [-0.15, -0.1) is 0 Å². The zero-order valence-corrected chi connectivity index (χ0v) is 18.9. The molecule has 1 aromatic carbocycles. The number of carbonyl (C=O) groups is 1. The van der Waals surface area contributed by atoms with E-state index in [2.05, 4.69) is 4.90 Å². The van der Waals surface area contributed by atoms with E-state index in [1.807, 2.05) is 11.8 Å². The van der Waals surface area contributed by atoms with Crippen LogP contribution in [0.4, 0.5) is 0 Å². The molecule has 4 rings (SSSR count). The lowest BCUT2D eigenvalue weighted by atomic mass is 10.1. The smallest absolute Gasteiger partial charge is 0.253 e. The van der Waals surface area contributed by atoms with Gasteiger partial charge in [-0.2, -0.15) is 4.31 Å². The molecule has 2 aliphatic heterocycles. The quantitative estimate of drug-likeness (QED) is 0.686. The van der Waals surface area contributed by atoms with Gasteiger partial charge in [0.1, 0.15) is 10.6 Å². The van der Waals surface area contributed by atoms with Crippen molar-refractivity contribution in [3.63, 3.8) is 0 Å². The van der Waals surface area contributed by atoms with Gasteiger partial charge in [0.2, 0.25) is 10.0 Å². The van der Waals surface area contributed by atoms with Gasteiger partial charge in [-0.25, -0.2) is 8.42 Å². The van der Waals surface area contributed by atoms with Crippen molar-refractivity contribution in [1.29, 1.82) is 0 Å². The minimum absolute atomic E-state index is 0.0487. The average molecular weight is 436 g/mol. The van der Waals surface area contributed by atoms with Gasteiger partial charge in [0.05, 0.1) is 7.11 Å². The SMILES string of the molecule is COc1ccc(C(=O)N2CCN(CC3CC3)CC2)cc1S(=O)(=O)N1CCCCC1C. The van der Waals surface area contributed by atoms with Gasteiger partial charge < -0.3 is 9.64 Å². The maximum absolute atomic E-state index is 13.4. The minimum Gasteiger partial charge on any atom is -0.495 e. The molecule has 3 aliphatic rings. The van der Waals surface area contributed by atoms with Crippen LogP contribution in [0.15, 0.2) is 23.1 Å². The van der Waals surface area contributed by atoms with Crippen molar-refractivity contribution in [1.82, 2.24) is 14.1 Å². The molecule has 0 aromatic heterocycles. The molecule has 0 spiro atoms. The molecular formula is C22H33N3O4S. The number of hydrogen-bond donors (Lipinski definition) is 0. The van der Waals surface area contributed by atoms with Gasteiger partial charge >= 0.3 is 0 Å². The lowest BCUT2D eigenvalue weighted by Gasteiger charge is -2.35. The Morgan fingerprint density at radius 2 is 1.80 bits per heavy atom. The third kappa shape index (κ3) is 4.50. The Bertz CT molecular complexity index is 876. The molecule has 1 aromatic rings. The molecule has 30 heavy (non-hydrogen) atoms. The number of sulfonamides is 1. The Hall–Kier alpha value is -1.64. The van der Waals surface area contributed by atoms with E-state index in [1.165, 1.54) is 26.0 Å². The average Bonchev–Trinajstić information content (AvgIpc) is 3.57. The van der Waals surface area contributed by atoms with E-state index in [9.17, 15) is 13.2 Å². The van der Waals surface area contributed by atoms with Crippen LogP contribution in [0, 0.1) is 5.92 Å². The second-order valence-electron chi connectivity index (χ2n) is 8.86. The van der Waals surface area contributed by atoms with Gasteiger partial charge in [-0.1, -0.05) is 6.42 Å². The maximum atomic E-state index is 13.4. The molecule has 1 aliphatic carbocycles. The number of hydrogen-bond acceptors (Lipinski definition) is 5. The standard InChI is InChI=1S/C22H33N3O4S/c1-17-5-3-4-10-25(17)30(27,28)21-15-19(8-9-20(21)29-2)22(26)24-13-11-23(12-14-24)16-18-6-7-18/h8-9,15,17-18H,3-7,10-14,16H2,1-2H3. The van der Waals surface area contributed by atoms with Crippen molar-refractivity contribution in [2.24, 2.45) is 5.92 Å². The summed E-state index contributed by atoms with van der Waals surface area (Å²) in [5.41, 5.74) is 0.412. The summed E-state index contributed by atoms with van der Waals surface area (Å²) in [6.07, 6.45) is 5.41. The summed E-state index contributed by atoms with van der Waals surface area (Å²) in [6.45, 7) is 6.73. The highest BCUT2D eigenvalue weighted by Gasteiger charge is 2.34. The monoisotopic (exact) mass is 435 g/mol. The van der Waals surface area contributed by atoms with Crippen molar-refractivity contribution in [3.8, 4) is 5.75 Å². The molecule has 2 saturated heterocycles. The van der Waals surface area contributed by atoms with E-state index in [0.717, 1.165) is 44.8 Å². The molecule has 0 N–H and O–H groups in total. The molecule has 166 valence electrons. The summed E-state index contributed by atoms with van der Waals surface area (Å²) >= 11 is 0. The van der Waals surface area contributed by atoms with Crippen LogP contribution in [-0.2, 0) is 10.0 Å². The number of ether oxygens (including phenoxy) is 1. The summed E-state index contributed by atoms with van der Waals surface area (Å²) in [5, 5.41) is 0. The van der Waals surface area contributed by atoms with Crippen LogP contribution in [0.1, 0.15) is 49.4 Å². The van der Waals surface area contributed by atoms with Crippen molar-refractivity contribution in [3.05, 3.63) is 23.8 Å². The fourth-order valence-corrected chi connectivity index (χ4v) is 6.43. The summed E-state index contributed by atoms with van der Waals surface area (Å²) in [7, 11) is -2.26. The lowest BCUT2D eigenvalue weighted by molar-refractivity contribution is 0.0631. The van der Waals surface area contributed by atoms with E-state index in [1.54, 1.807) is 16.4 Å². The van der Waals surface area contributed by atoms with Crippen LogP contribution in [0.5, 0.6) is 5.75 Å². The Kier molecular flexibility index (Phi) is 6.36. The second kappa shape index (κ2) is 8.85. The summed E-state index contributed by atoms with van der Waals surface area (Å²) in [6, 6.07) is 4.75. The third-order valence-electron chi connectivity index (χ3n) is 6.61. The first-order valence-electron chi connectivity index (χ1n) is 11.1. The molecule has 0 bridgehead atoms. The predicted octanol–water partition coefficient (Wildman–Crippen LogP) is 2.43. The fraction of sp³-hybridized carbons (Fsp3) is 0.682. The van der Waals surface area contributed by atoms with Crippen LogP contribution in [0.25, 0.3) is 0 Å². The van der Waals surface area contributed by atoms with Crippen LogP contribution >= 0.6 is 0 Å². The third-order valence-corrected chi connectivity index (χ3v) is 8.65. The zero-order chi connectivity index (χ0) is 21.3. The van der Waals surface area contributed by atoms with Crippen molar-refractivity contribution in [2.45, 2.75) is 50.0 Å². The van der Waals surface area contributed by atoms with Crippen LogP contribution in [-0.4, -0.2) is 80.9 Å². The van der Waals surface area contributed by atoms with Crippen molar-refractivity contribution in [2.75, 3.05) is 46.4 Å². The van der Waals surface area contributed by atoms with E-state index in [4.69, 9.17) is 4.74 Å². The second-order valence-corrected chi connectivity index (χ2v) is 10.7. The first-order valence-corrected chi connectivity index (χ1v) is 12.6. The number of carbonyl (C=O) groups excluding carboxylic acids is 1. The topological polar surface area (TPSA) is 70.2 Å². The number of methoxy groups -OCH3 is 1. The predicted molar refractivity (Wildman–Crippen MR) is 115 cm³/mol. The molecule has 8 heteroatoms. The van der Waals surface area contributed by atoms with Gasteiger partial charge in [0.15, 0.2) is 0 Å². The minimum atomic E-state index is -3.73. The largest absolute Gasteiger partial charge is 0.495 e. The fourth-order valence-electron chi connectivity index (χ4n) is 4.55. The Labute approximate surface area is 180 Å². The number of piperidine rings is 1. The molecule has 1 amide bonds. The normalized spacial score (nSPS) is 24.1. The van der Waals surface area contributed by atoms with Crippen molar-refractivity contribution >= 4 is 15.9 Å². The number of nitrogens with zero attached hydrogens (tertiary/aromatic N) is 3. The number of amides is 1. The Morgan fingerprint density at radius 1 is 1.07 bits per heavy atom. The zero-order valence-electron chi connectivity index (χ0n) is 18.0. The van der Waals surface area contributed by atoms with Gasteiger partial charge in [0.25, 0.3) is 5.91 Å². The van der Waals surface area contributed by atoms with E-state index < -0.39 is 10.0 Å². The highest BCUT2D eigenvalue weighted by Crippen LogP contribution is 2.32. The highest BCUT2D eigenvalue weighted by atomic mass is 32.2.